The van der Waals surface area contributed by atoms with E-state index in [4.69, 9.17) is 4.74 Å². The van der Waals surface area contributed by atoms with E-state index in [1.807, 2.05) is 20.8 Å². The first-order valence-electron chi connectivity index (χ1n) is 7.17. The van der Waals surface area contributed by atoms with Crippen LogP contribution in [0.4, 0.5) is 4.79 Å². The molecule has 0 aromatic carbocycles. The van der Waals surface area contributed by atoms with E-state index in [0.717, 1.165) is 30.5 Å². The van der Waals surface area contributed by atoms with Crippen molar-refractivity contribution in [1.82, 2.24) is 10.3 Å². The molecule has 0 fully saturated rings. The summed E-state index contributed by atoms with van der Waals surface area (Å²) in [6.07, 6.45) is 5.68. The molecule has 0 saturated carbocycles. The Kier molecular flexibility index (Phi) is 4.50. The summed E-state index contributed by atoms with van der Waals surface area (Å²) in [7, 11) is 0. The molecule has 2 N–H and O–H groups in total. The van der Waals surface area contributed by atoms with Gasteiger partial charge in [0.2, 0.25) is 0 Å². The molecule has 5 heteroatoms. The summed E-state index contributed by atoms with van der Waals surface area (Å²) in [6.45, 7) is 5.54. The van der Waals surface area contributed by atoms with Crippen LogP contribution >= 0.6 is 0 Å². The van der Waals surface area contributed by atoms with Crippen molar-refractivity contribution in [2.75, 3.05) is 0 Å². The first kappa shape index (κ1) is 15.4. The maximum Gasteiger partial charge on any atom is 0.407 e. The lowest BCUT2D eigenvalue weighted by atomic mass is 9.93. The van der Waals surface area contributed by atoms with Crippen LogP contribution in [0, 0.1) is 0 Å². The SMILES string of the molecule is CC(C)(C)OC(=O)NC1CC=C(c2cc(O)ccn2)CC1. The molecule has 1 atom stereocenters. The molecule has 1 aromatic heterocycles. The van der Waals surface area contributed by atoms with E-state index >= 15 is 0 Å². The third kappa shape index (κ3) is 4.77. The Morgan fingerprint density at radius 1 is 1.48 bits per heavy atom. The molecule has 0 spiro atoms. The molecule has 21 heavy (non-hydrogen) atoms. The van der Waals surface area contributed by atoms with Gasteiger partial charge in [0, 0.05) is 18.3 Å². The number of hydrogen-bond acceptors (Lipinski definition) is 4. The zero-order valence-corrected chi connectivity index (χ0v) is 12.7. The summed E-state index contributed by atoms with van der Waals surface area (Å²) >= 11 is 0. The molecule has 1 aliphatic rings. The van der Waals surface area contributed by atoms with Crippen LogP contribution in [0.1, 0.15) is 45.7 Å². The fraction of sp³-hybridized carbons (Fsp3) is 0.500. The summed E-state index contributed by atoms with van der Waals surface area (Å²) in [5.74, 6) is 0.218. The fourth-order valence-electron chi connectivity index (χ4n) is 2.27. The number of nitrogens with zero attached hydrogens (tertiary/aromatic N) is 1. The maximum absolute atomic E-state index is 11.7. The quantitative estimate of drug-likeness (QED) is 0.877. The van der Waals surface area contributed by atoms with Crippen LogP contribution < -0.4 is 5.32 Å². The number of carbonyl (C=O) groups is 1. The predicted molar refractivity (Wildman–Crippen MR) is 80.9 cm³/mol. The highest BCUT2D eigenvalue weighted by atomic mass is 16.6. The van der Waals surface area contributed by atoms with Gasteiger partial charge in [-0.3, -0.25) is 4.98 Å². The Morgan fingerprint density at radius 3 is 2.81 bits per heavy atom. The normalized spacial score (nSPS) is 18.8. The van der Waals surface area contributed by atoms with Crippen LogP contribution in [0.3, 0.4) is 0 Å². The van der Waals surface area contributed by atoms with Gasteiger partial charge in [-0.15, -0.1) is 0 Å². The highest BCUT2D eigenvalue weighted by molar-refractivity contribution is 5.69. The number of alkyl carbamates (subject to hydrolysis) is 1. The maximum atomic E-state index is 11.7. The molecule has 0 saturated heterocycles. The van der Waals surface area contributed by atoms with Crippen molar-refractivity contribution in [1.29, 1.82) is 0 Å². The third-order valence-corrected chi connectivity index (χ3v) is 3.20. The van der Waals surface area contributed by atoms with Gasteiger partial charge >= 0.3 is 6.09 Å². The van der Waals surface area contributed by atoms with Crippen LogP contribution in [0.2, 0.25) is 0 Å². The minimum absolute atomic E-state index is 0.0842. The van der Waals surface area contributed by atoms with Gasteiger partial charge in [0.05, 0.1) is 5.69 Å². The Labute approximate surface area is 125 Å². The molecule has 1 aromatic rings. The topological polar surface area (TPSA) is 71.5 Å². The standard InChI is InChI=1S/C16H22N2O3/c1-16(2,3)21-15(20)18-12-6-4-11(5-7-12)14-10-13(19)8-9-17-14/h4,8-10,12H,5-7H2,1-3H3,(H,17,19)(H,18,20). The van der Waals surface area contributed by atoms with E-state index < -0.39 is 5.60 Å². The lowest BCUT2D eigenvalue weighted by molar-refractivity contribution is 0.0502. The smallest absolute Gasteiger partial charge is 0.407 e. The van der Waals surface area contributed by atoms with Gasteiger partial charge in [0.15, 0.2) is 0 Å². The molecule has 1 aliphatic carbocycles. The predicted octanol–water partition coefficient (Wildman–Crippen LogP) is 3.25. The minimum Gasteiger partial charge on any atom is -0.508 e. The lowest BCUT2D eigenvalue weighted by Crippen LogP contribution is -2.39. The molecule has 1 unspecified atom stereocenters. The van der Waals surface area contributed by atoms with Crippen LogP contribution in [0.25, 0.3) is 5.57 Å². The van der Waals surface area contributed by atoms with Crippen LogP contribution in [0.5, 0.6) is 5.75 Å². The van der Waals surface area contributed by atoms with Gasteiger partial charge < -0.3 is 15.2 Å². The monoisotopic (exact) mass is 290 g/mol. The molecule has 114 valence electrons. The van der Waals surface area contributed by atoms with E-state index in [0.29, 0.717) is 0 Å². The van der Waals surface area contributed by atoms with Crippen LogP contribution in [-0.4, -0.2) is 27.8 Å². The van der Waals surface area contributed by atoms with E-state index in [9.17, 15) is 9.90 Å². The second kappa shape index (κ2) is 6.16. The number of aromatic nitrogens is 1. The number of ether oxygens (including phenoxy) is 1. The van der Waals surface area contributed by atoms with Gasteiger partial charge in [-0.25, -0.2) is 4.79 Å². The Morgan fingerprint density at radius 2 is 2.24 bits per heavy atom. The Balaban J connectivity index is 1.91. The molecule has 2 rings (SSSR count). The minimum atomic E-state index is -0.481. The van der Waals surface area contributed by atoms with Crippen molar-refractivity contribution in [2.24, 2.45) is 0 Å². The number of rotatable bonds is 2. The first-order chi connectivity index (χ1) is 9.83. The van der Waals surface area contributed by atoms with Crippen molar-refractivity contribution in [3.63, 3.8) is 0 Å². The molecule has 1 heterocycles. The van der Waals surface area contributed by atoms with E-state index in [2.05, 4.69) is 16.4 Å². The van der Waals surface area contributed by atoms with E-state index in [1.165, 1.54) is 0 Å². The number of pyridine rings is 1. The number of amides is 1. The first-order valence-corrected chi connectivity index (χ1v) is 7.17. The number of carbonyl (C=O) groups excluding carboxylic acids is 1. The average Bonchev–Trinajstić information content (AvgIpc) is 2.37. The highest BCUT2D eigenvalue weighted by Gasteiger charge is 2.21. The molecule has 1 amide bonds. The third-order valence-electron chi connectivity index (χ3n) is 3.20. The largest absolute Gasteiger partial charge is 0.508 e. The Bertz CT molecular complexity index is 547. The average molecular weight is 290 g/mol. The zero-order valence-electron chi connectivity index (χ0n) is 12.7. The van der Waals surface area contributed by atoms with Crippen LogP contribution in [0.15, 0.2) is 24.4 Å². The lowest BCUT2D eigenvalue weighted by Gasteiger charge is -2.25. The van der Waals surface area contributed by atoms with Crippen molar-refractivity contribution >= 4 is 11.7 Å². The summed E-state index contributed by atoms with van der Waals surface area (Å²) in [5, 5.41) is 12.4. The van der Waals surface area contributed by atoms with Gasteiger partial charge in [-0.1, -0.05) is 6.08 Å². The van der Waals surface area contributed by atoms with Crippen LogP contribution in [-0.2, 0) is 4.74 Å². The van der Waals surface area contributed by atoms with Gasteiger partial charge in [-0.2, -0.15) is 0 Å². The van der Waals surface area contributed by atoms with Gasteiger partial charge in [-0.05, 0) is 51.7 Å². The Hall–Kier alpha value is -2.04. The number of aromatic hydroxyl groups is 1. The highest BCUT2D eigenvalue weighted by Crippen LogP contribution is 2.27. The molecule has 0 radical (unpaired) electrons. The van der Waals surface area contributed by atoms with Crippen molar-refractivity contribution in [3.8, 4) is 5.75 Å². The molecule has 0 bridgehead atoms. The second-order valence-corrected chi connectivity index (χ2v) is 6.25. The second-order valence-electron chi connectivity index (χ2n) is 6.25. The molecule has 5 nitrogen and oxygen atoms in total. The van der Waals surface area contributed by atoms with E-state index in [1.54, 1.807) is 18.3 Å². The number of hydrogen-bond donors (Lipinski definition) is 2. The number of allylic oxidation sites excluding steroid dienone is 1. The number of nitrogens with one attached hydrogen (secondary N) is 1. The van der Waals surface area contributed by atoms with Crippen molar-refractivity contribution < 1.29 is 14.6 Å². The molecular formula is C16H22N2O3. The van der Waals surface area contributed by atoms with E-state index in [-0.39, 0.29) is 17.9 Å². The van der Waals surface area contributed by atoms with Gasteiger partial charge in [0.1, 0.15) is 11.4 Å². The van der Waals surface area contributed by atoms with Gasteiger partial charge in [0.25, 0.3) is 0 Å². The van der Waals surface area contributed by atoms with Crippen molar-refractivity contribution in [3.05, 3.63) is 30.1 Å². The summed E-state index contributed by atoms with van der Waals surface area (Å²) in [4.78, 5) is 16.0. The fourth-order valence-corrected chi connectivity index (χ4v) is 2.27. The summed E-state index contributed by atoms with van der Waals surface area (Å²) < 4.78 is 5.25. The van der Waals surface area contributed by atoms with Crippen molar-refractivity contribution in [2.45, 2.75) is 51.7 Å². The summed E-state index contributed by atoms with van der Waals surface area (Å²) in [6, 6.07) is 3.30. The summed E-state index contributed by atoms with van der Waals surface area (Å²) in [5.41, 5.74) is 1.42. The molecular weight excluding hydrogens is 268 g/mol. The molecule has 0 aliphatic heterocycles. The zero-order chi connectivity index (χ0) is 15.5.